The van der Waals surface area contributed by atoms with Crippen LogP contribution in [0.1, 0.15) is 35.1 Å². The molecule has 0 unspecified atom stereocenters. The van der Waals surface area contributed by atoms with Crippen LogP contribution in [0.4, 0.5) is 5.69 Å². The highest BCUT2D eigenvalue weighted by Gasteiger charge is 2.30. The quantitative estimate of drug-likeness (QED) is 0.376. The lowest BCUT2D eigenvalue weighted by atomic mass is 10.0. The van der Waals surface area contributed by atoms with E-state index in [9.17, 15) is 18.0 Å². The summed E-state index contributed by atoms with van der Waals surface area (Å²) < 4.78 is 26.4. The monoisotopic (exact) mass is 535 g/mol. The van der Waals surface area contributed by atoms with Gasteiger partial charge in [-0.3, -0.25) is 13.9 Å². The Morgan fingerprint density at radius 2 is 1.61 bits per heavy atom. The van der Waals surface area contributed by atoms with E-state index in [1.165, 1.54) is 10.6 Å². The number of benzene rings is 3. The van der Waals surface area contributed by atoms with E-state index in [-0.39, 0.29) is 31.3 Å². The number of hydrogen-bond donors (Lipinski definition) is 1. The van der Waals surface area contributed by atoms with Gasteiger partial charge in [0.05, 0.1) is 11.9 Å². The molecule has 3 aromatic rings. The Morgan fingerprint density at radius 1 is 0.921 bits per heavy atom. The Labute approximate surface area is 226 Å². The molecule has 3 aromatic carbocycles. The van der Waals surface area contributed by atoms with Crippen LogP contribution in [-0.2, 0) is 32.6 Å². The molecule has 0 aliphatic rings. The SMILES string of the molecule is CNC(=O)[C@H](Cc1ccccc1)N(Cc1ccccc1C)C(=O)CCCN(c1cccc(C)c1)S(C)(=O)=O. The van der Waals surface area contributed by atoms with Crippen molar-refractivity contribution in [3.63, 3.8) is 0 Å². The van der Waals surface area contributed by atoms with Gasteiger partial charge in [0.15, 0.2) is 0 Å². The Morgan fingerprint density at radius 3 is 2.24 bits per heavy atom. The maximum absolute atomic E-state index is 13.7. The molecule has 0 saturated heterocycles. The maximum atomic E-state index is 13.7. The average molecular weight is 536 g/mol. The van der Waals surface area contributed by atoms with Crippen LogP contribution in [0.3, 0.4) is 0 Å². The topological polar surface area (TPSA) is 86.8 Å². The molecule has 7 nitrogen and oxygen atoms in total. The van der Waals surface area contributed by atoms with Gasteiger partial charge in [0.2, 0.25) is 21.8 Å². The van der Waals surface area contributed by atoms with Crippen molar-refractivity contribution in [2.75, 3.05) is 24.2 Å². The molecule has 0 aliphatic heterocycles. The summed E-state index contributed by atoms with van der Waals surface area (Å²) in [6.07, 6.45) is 1.96. The molecular formula is C30H37N3O4S. The standard InChI is InChI=1S/C30H37N3O4S/c1-23-12-10-17-27(20-23)33(38(4,36)37)19-11-18-29(34)32(22-26-16-9-8-13-24(26)2)28(30(35)31-3)21-25-14-6-5-7-15-25/h5-10,12-17,20,28H,11,18-19,21-22H2,1-4H3,(H,31,35)/t28-/m0/s1. The van der Waals surface area contributed by atoms with Gasteiger partial charge in [-0.1, -0.05) is 66.7 Å². The van der Waals surface area contributed by atoms with Crippen molar-refractivity contribution in [3.8, 4) is 0 Å². The summed E-state index contributed by atoms with van der Waals surface area (Å²) >= 11 is 0. The normalized spacial score (nSPS) is 12.0. The fourth-order valence-corrected chi connectivity index (χ4v) is 5.44. The van der Waals surface area contributed by atoms with Crippen LogP contribution in [-0.4, -0.2) is 51.0 Å². The van der Waals surface area contributed by atoms with Gasteiger partial charge in [0, 0.05) is 33.0 Å². The van der Waals surface area contributed by atoms with Crippen LogP contribution < -0.4 is 9.62 Å². The molecule has 38 heavy (non-hydrogen) atoms. The van der Waals surface area contributed by atoms with Gasteiger partial charge in [-0.2, -0.15) is 0 Å². The van der Waals surface area contributed by atoms with E-state index >= 15 is 0 Å². The molecule has 3 rings (SSSR count). The molecule has 1 atom stereocenters. The molecule has 0 radical (unpaired) electrons. The summed E-state index contributed by atoms with van der Waals surface area (Å²) in [4.78, 5) is 28.4. The number of anilines is 1. The van der Waals surface area contributed by atoms with E-state index in [0.717, 1.165) is 22.3 Å². The van der Waals surface area contributed by atoms with Crippen LogP contribution >= 0.6 is 0 Å². The number of nitrogens with one attached hydrogen (secondary N) is 1. The van der Waals surface area contributed by atoms with Crippen LogP contribution in [0.2, 0.25) is 0 Å². The lowest BCUT2D eigenvalue weighted by Crippen LogP contribution is -2.50. The second-order valence-corrected chi connectivity index (χ2v) is 11.5. The van der Waals surface area contributed by atoms with Crippen LogP contribution in [0.15, 0.2) is 78.9 Å². The van der Waals surface area contributed by atoms with Crippen LogP contribution in [0, 0.1) is 13.8 Å². The number of amides is 2. The molecule has 1 N–H and O–H groups in total. The third-order valence-electron chi connectivity index (χ3n) is 6.56. The van der Waals surface area contributed by atoms with E-state index in [1.54, 1.807) is 18.0 Å². The fraction of sp³-hybridized carbons (Fsp3) is 0.333. The van der Waals surface area contributed by atoms with E-state index in [0.29, 0.717) is 18.5 Å². The molecule has 0 saturated carbocycles. The summed E-state index contributed by atoms with van der Waals surface area (Å²) in [6, 6.07) is 24.0. The Hall–Kier alpha value is -3.65. The zero-order chi connectivity index (χ0) is 27.7. The van der Waals surface area contributed by atoms with Gasteiger partial charge in [-0.05, 0) is 54.7 Å². The molecule has 8 heteroatoms. The lowest BCUT2D eigenvalue weighted by Gasteiger charge is -2.32. The highest BCUT2D eigenvalue weighted by Crippen LogP contribution is 2.21. The Bertz CT molecular complexity index is 1340. The Balaban J connectivity index is 1.85. The number of carbonyl (C=O) groups is 2. The van der Waals surface area contributed by atoms with Gasteiger partial charge in [-0.15, -0.1) is 0 Å². The molecule has 0 aliphatic carbocycles. The zero-order valence-corrected chi connectivity index (χ0v) is 23.4. The highest BCUT2D eigenvalue weighted by atomic mass is 32.2. The van der Waals surface area contributed by atoms with Crippen molar-refractivity contribution >= 4 is 27.5 Å². The minimum Gasteiger partial charge on any atom is -0.357 e. The summed E-state index contributed by atoms with van der Waals surface area (Å²) in [5.74, 6) is -0.441. The van der Waals surface area contributed by atoms with Gasteiger partial charge in [-0.25, -0.2) is 8.42 Å². The number of aryl methyl sites for hydroxylation is 2. The van der Waals surface area contributed by atoms with Crippen molar-refractivity contribution in [1.82, 2.24) is 10.2 Å². The van der Waals surface area contributed by atoms with E-state index in [2.05, 4.69) is 5.32 Å². The van der Waals surface area contributed by atoms with Crippen molar-refractivity contribution in [2.45, 2.75) is 45.7 Å². The number of rotatable bonds is 12. The molecular weight excluding hydrogens is 498 g/mol. The second-order valence-electron chi connectivity index (χ2n) is 9.55. The first-order chi connectivity index (χ1) is 18.1. The van der Waals surface area contributed by atoms with Crippen molar-refractivity contribution in [3.05, 3.63) is 101 Å². The smallest absolute Gasteiger partial charge is 0.242 e. The predicted octanol–water partition coefficient (Wildman–Crippen LogP) is 4.24. The molecule has 0 fully saturated rings. The highest BCUT2D eigenvalue weighted by molar-refractivity contribution is 7.92. The van der Waals surface area contributed by atoms with Crippen molar-refractivity contribution in [1.29, 1.82) is 0 Å². The first kappa shape index (κ1) is 28.9. The first-order valence-corrected chi connectivity index (χ1v) is 14.6. The molecule has 0 aromatic heterocycles. The zero-order valence-electron chi connectivity index (χ0n) is 22.6. The van der Waals surface area contributed by atoms with Gasteiger partial charge < -0.3 is 10.2 Å². The largest absolute Gasteiger partial charge is 0.357 e. The number of nitrogens with zero attached hydrogens (tertiary/aromatic N) is 2. The lowest BCUT2D eigenvalue weighted by molar-refractivity contribution is -0.141. The van der Waals surface area contributed by atoms with Gasteiger partial charge in [0.25, 0.3) is 0 Å². The van der Waals surface area contributed by atoms with Gasteiger partial charge >= 0.3 is 0 Å². The number of sulfonamides is 1. The summed E-state index contributed by atoms with van der Waals surface area (Å²) in [7, 11) is -1.97. The third kappa shape index (κ3) is 7.92. The first-order valence-electron chi connectivity index (χ1n) is 12.7. The van der Waals surface area contributed by atoms with Crippen LogP contribution in [0.25, 0.3) is 0 Å². The van der Waals surface area contributed by atoms with E-state index in [4.69, 9.17) is 0 Å². The summed E-state index contributed by atoms with van der Waals surface area (Å²) in [6.45, 7) is 4.33. The molecule has 0 spiro atoms. The third-order valence-corrected chi connectivity index (χ3v) is 7.76. The minimum atomic E-state index is -3.54. The second kappa shape index (κ2) is 13.2. The molecule has 2 amide bonds. The van der Waals surface area contributed by atoms with Crippen molar-refractivity contribution < 1.29 is 18.0 Å². The van der Waals surface area contributed by atoms with E-state index in [1.807, 2.05) is 86.6 Å². The number of hydrogen-bond acceptors (Lipinski definition) is 4. The van der Waals surface area contributed by atoms with Gasteiger partial charge in [0.1, 0.15) is 6.04 Å². The number of carbonyl (C=O) groups excluding carboxylic acids is 2. The average Bonchev–Trinajstić information content (AvgIpc) is 2.89. The van der Waals surface area contributed by atoms with Crippen molar-refractivity contribution in [2.24, 2.45) is 0 Å². The number of likely N-dealkylation sites (N-methyl/N-ethyl adjacent to an activating group) is 1. The fourth-order valence-electron chi connectivity index (χ4n) is 4.48. The maximum Gasteiger partial charge on any atom is 0.242 e. The molecule has 202 valence electrons. The summed E-state index contributed by atoms with van der Waals surface area (Å²) in [5.41, 5.74) is 4.46. The summed E-state index contributed by atoms with van der Waals surface area (Å²) in [5, 5.41) is 2.72. The molecule has 0 bridgehead atoms. The van der Waals surface area contributed by atoms with Crippen LogP contribution in [0.5, 0.6) is 0 Å². The predicted molar refractivity (Wildman–Crippen MR) is 152 cm³/mol. The molecule has 0 heterocycles. The Kier molecular flexibility index (Phi) is 10.1. The van der Waals surface area contributed by atoms with E-state index < -0.39 is 16.1 Å². The minimum absolute atomic E-state index is 0.103.